The summed E-state index contributed by atoms with van der Waals surface area (Å²) in [7, 11) is 4.80. The van der Waals surface area contributed by atoms with Crippen molar-refractivity contribution in [3.63, 3.8) is 0 Å². The van der Waals surface area contributed by atoms with Gasteiger partial charge in [-0.15, -0.1) is 0 Å². The highest BCUT2D eigenvalue weighted by Gasteiger charge is 2.55. The number of carbonyl (C=O) groups excluding carboxylic acids is 8. The zero-order valence-electron chi connectivity index (χ0n) is 74.1. The van der Waals surface area contributed by atoms with Gasteiger partial charge in [0.1, 0.15) is 35.8 Å². The van der Waals surface area contributed by atoms with Gasteiger partial charge in [0.25, 0.3) is 0 Å². The maximum Gasteiger partial charge on any atom is 0.494 e. The number of nitrogens with one attached hydrogen (secondary N) is 6. The first kappa shape index (κ1) is 91.7. The van der Waals surface area contributed by atoms with Crippen LogP contribution in [0.1, 0.15) is 189 Å². The van der Waals surface area contributed by atoms with Gasteiger partial charge in [-0.2, -0.15) is 0 Å². The predicted molar refractivity (Wildman–Crippen MR) is 494 cm³/mol. The third-order valence-electron chi connectivity index (χ3n) is 27.0. The van der Waals surface area contributed by atoms with Crippen LogP contribution in [0.4, 0.5) is 19.2 Å². The Bertz CT molecular complexity index is 5570. The van der Waals surface area contributed by atoms with Crippen molar-refractivity contribution < 1.29 is 66.6 Å². The molecule has 2 aliphatic carbocycles. The van der Waals surface area contributed by atoms with Gasteiger partial charge in [0.05, 0.1) is 87.6 Å². The number of likely N-dealkylation sites (tertiary alicyclic amines) is 4. The molecule has 5 saturated heterocycles. The molecule has 2 saturated carbocycles. The zero-order chi connectivity index (χ0) is 89.3. The second-order valence-electron chi connectivity index (χ2n) is 36.2. The molecule has 9 heterocycles. The molecule has 2 aromatic heterocycles. The molecule has 0 spiro atoms. The van der Waals surface area contributed by atoms with Gasteiger partial charge in [-0.05, 0) is 231 Å². The normalized spacial score (nSPS) is 22.5. The van der Waals surface area contributed by atoms with Crippen LogP contribution in [-0.4, -0.2) is 207 Å². The molecule has 8 amide bonds. The minimum absolute atomic E-state index is 0. The van der Waals surface area contributed by atoms with Crippen LogP contribution in [0.5, 0.6) is 0 Å². The molecule has 12 atom stereocenters. The summed E-state index contributed by atoms with van der Waals surface area (Å²) in [5.74, 6) is 1.74. The van der Waals surface area contributed by atoms with Gasteiger partial charge in [0.15, 0.2) is 0 Å². The van der Waals surface area contributed by atoms with Gasteiger partial charge in [-0.1, -0.05) is 142 Å². The van der Waals surface area contributed by atoms with E-state index in [0.717, 1.165) is 175 Å². The monoisotopic (exact) mass is 1790 g/mol. The van der Waals surface area contributed by atoms with E-state index >= 15 is 0 Å². The van der Waals surface area contributed by atoms with Crippen molar-refractivity contribution in [2.75, 3.05) is 41.5 Å². The number of ether oxygens (including phenoxy) is 4. The van der Waals surface area contributed by atoms with E-state index in [-0.39, 0.29) is 90.3 Å². The third-order valence-corrected chi connectivity index (χ3v) is 27.5. The molecule has 9 aliphatic rings. The Hall–Kier alpha value is -11.5. The summed E-state index contributed by atoms with van der Waals surface area (Å²) >= 11 is 3.43. The van der Waals surface area contributed by atoms with Crippen LogP contribution in [0, 0.1) is 23.7 Å². The Balaban J connectivity index is 0.000000165. The van der Waals surface area contributed by atoms with Crippen LogP contribution in [-0.2, 0) is 47.4 Å². The van der Waals surface area contributed by atoms with Gasteiger partial charge in [0, 0.05) is 66.3 Å². The average molecular weight is 1790 g/mol. The van der Waals surface area contributed by atoms with Crippen molar-refractivity contribution in [2.45, 2.75) is 225 Å². The number of amides is 8. The molecule has 6 N–H and O–H groups in total. The third kappa shape index (κ3) is 19.4. The van der Waals surface area contributed by atoms with E-state index in [9.17, 15) is 38.4 Å². The number of methoxy groups -OCH3 is 4. The topological polar surface area (TPSA) is 335 Å². The number of alkyl carbamates (subject to hydrolysis) is 4. The molecule has 6 aromatic carbocycles. The molecular weight excluding hydrogens is 1680 g/mol. The highest BCUT2D eigenvalue weighted by molar-refractivity contribution is 9.10. The Kier molecular flexibility index (Phi) is 27.9. The molecule has 17 rings (SSSR count). The number of aliphatic imine (C=N–C) groups is 2. The number of hydrogen-bond acceptors (Lipinski definition) is 18. The summed E-state index contributed by atoms with van der Waals surface area (Å²) in [5.41, 5.74) is 12.9. The van der Waals surface area contributed by atoms with Crippen molar-refractivity contribution in [2.24, 2.45) is 33.7 Å². The number of fused-ring (bicyclic) bond motifs is 6. The zero-order valence-corrected chi connectivity index (χ0v) is 75.7. The summed E-state index contributed by atoms with van der Waals surface area (Å²) < 4.78 is 32.4. The number of imidazole rings is 2. The van der Waals surface area contributed by atoms with E-state index in [1.54, 1.807) is 29.8 Å². The first-order chi connectivity index (χ1) is 60.4. The van der Waals surface area contributed by atoms with Gasteiger partial charge in [-0.3, -0.25) is 29.2 Å². The van der Waals surface area contributed by atoms with E-state index in [0.29, 0.717) is 37.8 Å². The molecule has 0 radical (unpaired) electrons. The lowest BCUT2D eigenvalue weighted by Gasteiger charge is -2.38. The van der Waals surface area contributed by atoms with Crippen LogP contribution in [0.2, 0.25) is 0 Å². The highest BCUT2D eigenvalue weighted by Crippen LogP contribution is 2.49. The lowest BCUT2D eigenvalue weighted by molar-refractivity contribution is -0.138. The molecule has 28 nitrogen and oxygen atoms in total. The largest absolute Gasteiger partial charge is 0.494 e. The van der Waals surface area contributed by atoms with E-state index < -0.39 is 55.7 Å². The second kappa shape index (κ2) is 38.6. The number of benzene rings is 6. The number of piperidine rings is 2. The van der Waals surface area contributed by atoms with E-state index in [4.69, 9.17) is 28.8 Å². The SMILES string of the molecule is C.COC(=O)N[C@@H](C)C(=O)N1CCC[C@H]1c1ncc(-c2ccc(-c3ccc4cc(C5=CN=C([C@@H]6[C@H]7CC[C@H](C7)N6C(=O)[C@@H](NC(=O)OC)C(C)C)C5)ccc4c3)cc2)[nH]1.COC(=O)N[C@@H](C)C(=O)N1CCC[C@H]1c1ncc(-c2ccc(Br)cc2)[nH]1.COC(=O)N[C@H](C(=O)N1[C@@H]2CC[C@@H](C2)[C@H]1C1=NC=C(c2ccc3cc(B4OC(C)(C)C(C)(C)O4)ccc3c2)C1)C(C)C. The Morgan fingerprint density at radius 2 is 0.835 bits per heavy atom. The predicted octanol–water partition coefficient (Wildman–Crippen LogP) is 16.2. The van der Waals surface area contributed by atoms with Crippen LogP contribution in [0.25, 0.3) is 66.3 Å². The van der Waals surface area contributed by atoms with Crippen molar-refractivity contribution in [3.05, 3.63) is 173 Å². The number of nitrogens with zero attached hydrogens (tertiary/aromatic N) is 8. The molecule has 4 bridgehead atoms. The Morgan fingerprint density at radius 3 is 1.25 bits per heavy atom. The number of allylic oxidation sites excluding steroid dienone is 2. The number of aromatic amines is 2. The van der Waals surface area contributed by atoms with Gasteiger partial charge in [-0.25, -0.2) is 29.1 Å². The molecule has 670 valence electrons. The van der Waals surface area contributed by atoms with Crippen molar-refractivity contribution >= 4 is 121 Å². The molecular formula is C97H118BBrN14O14. The van der Waals surface area contributed by atoms with Gasteiger partial charge in [0.2, 0.25) is 23.6 Å². The second-order valence-corrected chi connectivity index (χ2v) is 37.1. The summed E-state index contributed by atoms with van der Waals surface area (Å²) in [6.45, 7) is 20.6. The van der Waals surface area contributed by atoms with E-state index in [2.05, 4.69) is 191 Å². The smallest absolute Gasteiger partial charge is 0.453 e. The van der Waals surface area contributed by atoms with Crippen LogP contribution in [0.15, 0.2) is 161 Å². The fourth-order valence-corrected chi connectivity index (χ4v) is 19.8. The lowest BCUT2D eigenvalue weighted by Crippen LogP contribution is -2.57. The summed E-state index contributed by atoms with van der Waals surface area (Å²) in [4.78, 5) is 134. The maximum atomic E-state index is 14.0. The van der Waals surface area contributed by atoms with E-state index in [1.807, 2.05) is 80.4 Å². The number of rotatable bonds is 20. The molecule has 8 aromatic rings. The number of H-pyrrole nitrogens is 2. The van der Waals surface area contributed by atoms with Gasteiger partial charge >= 0.3 is 31.5 Å². The van der Waals surface area contributed by atoms with Crippen molar-refractivity contribution in [1.29, 1.82) is 0 Å². The van der Waals surface area contributed by atoms with E-state index in [1.165, 1.54) is 28.4 Å². The van der Waals surface area contributed by atoms with Crippen LogP contribution < -0.4 is 26.7 Å². The van der Waals surface area contributed by atoms with Crippen LogP contribution in [0.3, 0.4) is 0 Å². The number of hydrogen-bond donors (Lipinski definition) is 6. The fourth-order valence-electron chi connectivity index (χ4n) is 19.5. The minimum atomic E-state index is -0.702. The standard InChI is InChI=1S/C45H51N7O6.C33H42BN3O5.C18H21BrN4O3.CH4/c1-25(2)39(50-45(56)58-5)43(54)52-35-17-16-33(21-35)40(52)36-22-34(23-46-36)32-15-14-30-19-29(12-13-31(30)20-32)27-8-10-28(11-9-27)37-24-47-41(49-37)38-7-6-18-51(38)42(53)26(3)48-44(55)57-4;1-19(2)28(36-31(39)40-7)30(38)37-26-13-11-23(16-26)29(37)27-17-24(18-35-27)21-8-9-22-15-25(12-10-20(22)14-21)34-41-32(3,4)33(5,6)42-34;1-11(21-18(25)26-2)17(24)23-9-3-4-15(23)16-20-10-14(22-16)12-5-7-13(19)8-6-12;/h8-15,19-20,23-26,33,35,38-40H,6-7,16-18,21-22H2,1-5H3,(H,47,49)(H,48,55)(H,50,56);8-10,12,14-15,18-19,23,26,28-29H,11,13,16-17H2,1-7H3,(H,36,39);5-8,10-11,15H,3-4,9H2,1-2H3,(H,20,22)(H,21,25);1H4/t26-,33-,35+,38-,39-,40-;23-,26+,28-,29-;11-,15-;/m000./s1. The molecule has 0 unspecified atom stereocenters. The molecule has 7 fully saturated rings. The Morgan fingerprint density at radius 1 is 0.465 bits per heavy atom. The number of aromatic nitrogens is 4. The minimum Gasteiger partial charge on any atom is -0.453 e. The fraction of sp³-hybridized carbons (Fsp3) is 0.464. The first-order valence-corrected chi connectivity index (χ1v) is 44.7. The molecule has 127 heavy (non-hydrogen) atoms. The van der Waals surface area contributed by atoms with Gasteiger partial charge < -0.3 is 79.1 Å². The number of carbonyl (C=O) groups is 8. The maximum absolute atomic E-state index is 14.0. The van der Waals surface area contributed by atoms with Crippen molar-refractivity contribution in [1.82, 2.24) is 60.8 Å². The number of halogens is 1. The van der Waals surface area contributed by atoms with Crippen LogP contribution >= 0.6 is 15.9 Å². The van der Waals surface area contributed by atoms with Crippen molar-refractivity contribution in [3.8, 4) is 33.6 Å². The lowest BCUT2D eigenvalue weighted by atomic mass is 9.78. The summed E-state index contributed by atoms with van der Waals surface area (Å²) in [6, 6.07) is 39.6. The first-order valence-electron chi connectivity index (χ1n) is 44.0. The highest BCUT2D eigenvalue weighted by atomic mass is 79.9. The summed E-state index contributed by atoms with van der Waals surface area (Å²) in [6.07, 6.45) is 16.0. The molecule has 7 aliphatic heterocycles. The average Bonchev–Trinajstić information content (AvgIpc) is 1.60. The quantitative estimate of drug-likeness (QED) is 0.0305. The Labute approximate surface area is 751 Å². The summed E-state index contributed by atoms with van der Waals surface area (Å²) in [5, 5.41) is 15.2. The molecule has 30 heteroatoms.